The number of rotatable bonds is 5. The SMILES string of the molecule is Cc1cc(S(=O)(=O)N[C@H](c2nccn2C)C2CCOCC2)c(C)o1. The molecule has 132 valence electrons. The monoisotopic (exact) mass is 353 g/mol. The van der Waals surface area contributed by atoms with Crippen LogP contribution >= 0.6 is 0 Å². The van der Waals surface area contributed by atoms with Crippen LogP contribution in [0.1, 0.15) is 36.2 Å². The van der Waals surface area contributed by atoms with Crippen LogP contribution in [0, 0.1) is 19.8 Å². The van der Waals surface area contributed by atoms with Crippen molar-refractivity contribution >= 4 is 10.0 Å². The Balaban J connectivity index is 1.94. The van der Waals surface area contributed by atoms with E-state index in [0.717, 1.165) is 12.8 Å². The van der Waals surface area contributed by atoms with Crippen molar-refractivity contribution in [3.63, 3.8) is 0 Å². The average Bonchev–Trinajstić information content (AvgIpc) is 3.11. The molecule has 1 aliphatic rings. The Labute approximate surface area is 142 Å². The Bertz CT molecular complexity index is 803. The molecule has 1 N–H and O–H groups in total. The summed E-state index contributed by atoms with van der Waals surface area (Å²) in [5.41, 5.74) is 0. The summed E-state index contributed by atoms with van der Waals surface area (Å²) in [6, 6.07) is 1.16. The quantitative estimate of drug-likeness (QED) is 0.889. The number of ether oxygens (including phenoxy) is 1. The molecule has 1 fully saturated rings. The fourth-order valence-corrected chi connectivity index (χ4v) is 4.69. The van der Waals surface area contributed by atoms with Gasteiger partial charge in [-0.05, 0) is 38.7 Å². The first-order chi connectivity index (χ1) is 11.4. The molecule has 8 heteroatoms. The second kappa shape index (κ2) is 6.70. The van der Waals surface area contributed by atoms with Gasteiger partial charge in [0, 0.05) is 32.7 Å². The van der Waals surface area contributed by atoms with Gasteiger partial charge in [0.2, 0.25) is 10.0 Å². The normalized spacial score (nSPS) is 18.0. The smallest absolute Gasteiger partial charge is 0.244 e. The molecule has 2 aromatic heterocycles. The number of imidazole rings is 1. The van der Waals surface area contributed by atoms with Crippen LogP contribution in [0.4, 0.5) is 0 Å². The van der Waals surface area contributed by atoms with Gasteiger partial charge in [0.05, 0.1) is 6.04 Å². The molecular formula is C16H23N3O4S. The minimum absolute atomic E-state index is 0.142. The van der Waals surface area contributed by atoms with Crippen molar-refractivity contribution in [1.29, 1.82) is 0 Å². The number of nitrogens with zero attached hydrogens (tertiary/aromatic N) is 2. The van der Waals surface area contributed by atoms with Gasteiger partial charge >= 0.3 is 0 Å². The van der Waals surface area contributed by atoms with Gasteiger partial charge in [0.25, 0.3) is 0 Å². The fourth-order valence-electron chi connectivity index (χ4n) is 3.19. The molecule has 0 unspecified atom stereocenters. The van der Waals surface area contributed by atoms with E-state index in [1.807, 2.05) is 17.8 Å². The van der Waals surface area contributed by atoms with Gasteiger partial charge in [-0.1, -0.05) is 0 Å². The molecular weight excluding hydrogens is 330 g/mol. The molecule has 7 nitrogen and oxygen atoms in total. The molecule has 0 spiro atoms. The van der Waals surface area contributed by atoms with E-state index >= 15 is 0 Å². The maximum absolute atomic E-state index is 12.9. The van der Waals surface area contributed by atoms with Crippen LogP contribution in [0.5, 0.6) is 0 Å². The van der Waals surface area contributed by atoms with Crippen molar-refractivity contribution in [2.45, 2.75) is 37.6 Å². The zero-order chi connectivity index (χ0) is 17.3. The summed E-state index contributed by atoms with van der Waals surface area (Å²) in [5.74, 6) is 1.82. The molecule has 0 bridgehead atoms. The summed E-state index contributed by atoms with van der Waals surface area (Å²) < 4.78 is 41.3. The van der Waals surface area contributed by atoms with Gasteiger partial charge in [0.1, 0.15) is 22.2 Å². The van der Waals surface area contributed by atoms with Crippen LogP contribution in [-0.2, 0) is 21.8 Å². The first-order valence-corrected chi connectivity index (χ1v) is 9.51. The molecule has 0 radical (unpaired) electrons. The topological polar surface area (TPSA) is 86.4 Å². The van der Waals surface area contributed by atoms with Gasteiger partial charge in [-0.25, -0.2) is 18.1 Å². The van der Waals surface area contributed by atoms with E-state index in [9.17, 15) is 8.42 Å². The molecule has 1 aliphatic heterocycles. The molecule has 3 rings (SSSR count). The molecule has 1 saturated heterocycles. The summed E-state index contributed by atoms with van der Waals surface area (Å²) in [6.45, 7) is 4.67. The van der Waals surface area contributed by atoms with Crippen molar-refractivity contribution in [2.24, 2.45) is 13.0 Å². The maximum Gasteiger partial charge on any atom is 0.244 e. The van der Waals surface area contributed by atoms with Gasteiger partial charge in [-0.15, -0.1) is 0 Å². The van der Waals surface area contributed by atoms with Crippen LogP contribution in [0.3, 0.4) is 0 Å². The first kappa shape index (κ1) is 17.2. The molecule has 0 saturated carbocycles. The van der Waals surface area contributed by atoms with Gasteiger partial charge < -0.3 is 13.7 Å². The average molecular weight is 353 g/mol. The minimum atomic E-state index is -3.70. The molecule has 0 aromatic carbocycles. The third kappa shape index (κ3) is 3.40. The maximum atomic E-state index is 12.9. The number of aryl methyl sites for hydroxylation is 3. The van der Waals surface area contributed by atoms with Crippen LogP contribution < -0.4 is 4.72 Å². The summed E-state index contributed by atoms with van der Waals surface area (Å²) in [5, 5.41) is 0. The Morgan fingerprint density at radius 1 is 1.33 bits per heavy atom. The Hall–Kier alpha value is -1.64. The molecule has 24 heavy (non-hydrogen) atoms. The lowest BCUT2D eigenvalue weighted by molar-refractivity contribution is 0.0551. The largest absolute Gasteiger partial charge is 0.465 e. The number of hydrogen-bond donors (Lipinski definition) is 1. The molecule has 0 amide bonds. The van der Waals surface area contributed by atoms with Crippen LogP contribution in [0.15, 0.2) is 27.8 Å². The molecule has 3 heterocycles. The van der Waals surface area contributed by atoms with Crippen LogP contribution in [0.2, 0.25) is 0 Å². The van der Waals surface area contributed by atoms with Crippen LogP contribution in [-0.4, -0.2) is 31.2 Å². The highest BCUT2D eigenvalue weighted by Crippen LogP contribution is 2.31. The van der Waals surface area contributed by atoms with E-state index in [1.165, 1.54) is 0 Å². The minimum Gasteiger partial charge on any atom is -0.465 e. The third-order valence-electron chi connectivity index (χ3n) is 4.44. The summed E-state index contributed by atoms with van der Waals surface area (Å²) in [4.78, 5) is 4.55. The molecule has 2 aromatic rings. The number of furan rings is 1. The van der Waals surface area contributed by atoms with Crippen molar-refractivity contribution in [3.05, 3.63) is 35.8 Å². The van der Waals surface area contributed by atoms with Gasteiger partial charge in [-0.3, -0.25) is 0 Å². The van der Waals surface area contributed by atoms with Crippen LogP contribution in [0.25, 0.3) is 0 Å². The van der Waals surface area contributed by atoms with E-state index in [2.05, 4.69) is 9.71 Å². The lowest BCUT2D eigenvalue weighted by Gasteiger charge is -2.30. The van der Waals surface area contributed by atoms with E-state index in [0.29, 0.717) is 30.6 Å². The number of sulfonamides is 1. The highest BCUT2D eigenvalue weighted by Gasteiger charge is 2.33. The highest BCUT2D eigenvalue weighted by atomic mass is 32.2. The lowest BCUT2D eigenvalue weighted by atomic mass is 9.92. The van der Waals surface area contributed by atoms with Crippen molar-refractivity contribution in [3.8, 4) is 0 Å². The molecule has 1 atom stereocenters. The second-order valence-corrected chi connectivity index (χ2v) is 7.90. The first-order valence-electron chi connectivity index (χ1n) is 8.03. The van der Waals surface area contributed by atoms with Crippen molar-refractivity contribution in [2.75, 3.05) is 13.2 Å². The summed E-state index contributed by atoms with van der Waals surface area (Å²) in [7, 11) is -1.83. The second-order valence-electron chi connectivity index (χ2n) is 6.22. The van der Waals surface area contributed by atoms with Gasteiger partial charge in [-0.2, -0.15) is 0 Å². The zero-order valence-electron chi connectivity index (χ0n) is 14.2. The predicted molar refractivity (Wildman–Crippen MR) is 88.0 cm³/mol. The standard InChI is InChI=1S/C16H23N3O4S/c1-11-10-14(12(2)23-11)24(20,21)18-15(13-4-8-22-9-5-13)16-17-6-7-19(16)3/h6-7,10,13,15,18H,4-5,8-9H2,1-3H3/t15-/m0/s1. The van der Waals surface area contributed by atoms with E-state index in [-0.39, 0.29) is 10.8 Å². The highest BCUT2D eigenvalue weighted by molar-refractivity contribution is 7.89. The third-order valence-corrected chi connectivity index (χ3v) is 5.99. The Morgan fingerprint density at radius 2 is 2.04 bits per heavy atom. The number of nitrogens with one attached hydrogen (secondary N) is 1. The van der Waals surface area contributed by atoms with E-state index in [1.54, 1.807) is 26.1 Å². The zero-order valence-corrected chi connectivity index (χ0v) is 15.0. The summed E-state index contributed by atoms with van der Waals surface area (Å²) >= 11 is 0. The van der Waals surface area contributed by atoms with Crippen molar-refractivity contribution < 1.29 is 17.6 Å². The number of hydrogen-bond acceptors (Lipinski definition) is 5. The van der Waals surface area contributed by atoms with E-state index in [4.69, 9.17) is 9.15 Å². The predicted octanol–water partition coefficient (Wildman–Crippen LogP) is 2.08. The number of aromatic nitrogens is 2. The summed E-state index contributed by atoms with van der Waals surface area (Å²) in [6.07, 6.45) is 5.10. The van der Waals surface area contributed by atoms with Gasteiger partial charge in [0.15, 0.2) is 0 Å². The fraction of sp³-hybridized carbons (Fsp3) is 0.562. The Morgan fingerprint density at radius 3 is 2.58 bits per heavy atom. The van der Waals surface area contributed by atoms with Crippen molar-refractivity contribution in [1.82, 2.24) is 14.3 Å². The van der Waals surface area contributed by atoms with E-state index < -0.39 is 16.1 Å². The Kier molecular flexibility index (Phi) is 4.80. The molecule has 0 aliphatic carbocycles. The lowest BCUT2D eigenvalue weighted by Crippen LogP contribution is -2.37.